The molecule has 0 bridgehead atoms. The monoisotopic (exact) mass is 223 g/mol. The van der Waals surface area contributed by atoms with Gasteiger partial charge in [-0.1, -0.05) is 19.9 Å². The van der Waals surface area contributed by atoms with E-state index >= 15 is 0 Å². The highest BCUT2D eigenvalue weighted by atomic mass is 32.1. The van der Waals surface area contributed by atoms with E-state index < -0.39 is 0 Å². The summed E-state index contributed by atoms with van der Waals surface area (Å²) in [6.07, 6.45) is 4.10. The van der Waals surface area contributed by atoms with Crippen molar-refractivity contribution in [3.8, 4) is 0 Å². The number of nitrogens with one attached hydrogen (secondary N) is 1. The minimum absolute atomic E-state index is 0.748. The summed E-state index contributed by atoms with van der Waals surface area (Å²) in [6.45, 7) is 5.84. The van der Waals surface area contributed by atoms with Gasteiger partial charge in [0.2, 0.25) is 0 Å². The van der Waals surface area contributed by atoms with Gasteiger partial charge in [-0.3, -0.25) is 0 Å². The second kappa shape index (κ2) is 5.13. The molecule has 84 valence electrons. The van der Waals surface area contributed by atoms with Crippen molar-refractivity contribution in [2.75, 3.05) is 0 Å². The van der Waals surface area contributed by atoms with Gasteiger partial charge in [-0.05, 0) is 42.5 Å². The molecular formula is C13H21NS. The molecule has 1 aromatic rings. The van der Waals surface area contributed by atoms with Crippen LogP contribution in [0, 0.1) is 11.8 Å². The van der Waals surface area contributed by atoms with Crippen molar-refractivity contribution in [1.82, 2.24) is 5.32 Å². The lowest BCUT2D eigenvalue weighted by atomic mass is 9.79. The van der Waals surface area contributed by atoms with Crippen molar-refractivity contribution in [1.29, 1.82) is 0 Å². The zero-order valence-corrected chi connectivity index (χ0v) is 10.5. The Kier molecular flexibility index (Phi) is 3.81. The van der Waals surface area contributed by atoms with Gasteiger partial charge < -0.3 is 5.32 Å². The maximum atomic E-state index is 3.69. The van der Waals surface area contributed by atoms with Crippen LogP contribution in [0.4, 0.5) is 0 Å². The second-order valence-electron chi connectivity index (χ2n) is 4.92. The van der Waals surface area contributed by atoms with Crippen LogP contribution in [0.25, 0.3) is 0 Å². The Labute approximate surface area is 96.9 Å². The third-order valence-corrected chi connectivity index (χ3v) is 4.62. The Bertz CT molecular complexity index is 281. The second-order valence-corrected chi connectivity index (χ2v) is 5.96. The summed E-state index contributed by atoms with van der Waals surface area (Å²) < 4.78 is 0. The standard InChI is InChI=1S/C13H21NS/c1-10-5-6-12(8-11(10)2)14-9-13-4-3-7-15-13/h3-4,7,10-12,14H,5-6,8-9H2,1-2H3. The molecule has 0 amide bonds. The molecule has 1 N–H and O–H groups in total. The SMILES string of the molecule is CC1CCC(NCc2cccs2)CC1C. The third-order valence-electron chi connectivity index (χ3n) is 3.74. The van der Waals surface area contributed by atoms with Crippen LogP contribution in [-0.2, 0) is 6.54 Å². The highest BCUT2D eigenvalue weighted by Crippen LogP contribution is 2.29. The number of hydrogen-bond donors (Lipinski definition) is 1. The first kappa shape index (κ1) is 11.2. The summed E-state index contributed by atoms with van der Waals surface area (Å²) in [7, 11) is 0. The largest absolute Gasteiger partial charge is 0.309 e. The fraction of sp³-hybridized carbons (Fsp3) is 0.692. The average Bonchev–Trinajstić information content (AvgIpc) is 2.73. The predicted octanol–water partition coefficient (Wildman–Crippen LogP) is 3.66. The molecular weight excluding hydrogens is 202 g/mol. The molecule has 1 aliphatic carbocycles. The van der Waals surface area contributed by atoms with Crippen LogP contribution in [0.15, 0.2) is 17.5 Å². The van der Waals surface area contributed by atoms with Crippen molar-refractivity contribution >= 4 is 11.3 Å². The van der Waals surface area contributed by atoms with Gasteiger partial charge >= 0.3 is 0 Å². The molecule has 2 rings (SSSR count). The van der Waals surface area contributed by atoms with Crippen LogP contribution in [0.2, 0.25) is 0 Å². The fourth-order valence-corrected chi connectivity index (χ4v) is 3.05. The van der Waals surface area contributed by atoms with Crippen molar-refractivity contribution in [2.45, 2.75) is 45.7 Å². The lowest BCUT2D eigenvalue weighted by Crippen LogP contribution is -2.35. The van der Waals surface area contributed by atoms with Crippen LogP contribution in [0.1, 0.15) is 38.0 Å². The van der Waals surface area contributed by atoms with Gasteiger partial charge in [0.15, 0.2) is 0 Å². The normalized spacial score (nSPS) is 31.7. The lowest BCUT2D eigenvalue weighted by Gasteiger charge is -2.32. The van der Waals surface area contributed by atoms with Crippen LogP contribution >= 0.6 is 11.3 Å². The van der Waals surface area contributed by atoms with Gasteiger partial charge in [0, 0.05) is 17.5 Å². The van der Waals surface area contributed by atoms with Crippen molar-refractivity contribution in [3.63, 3.8) is 0 Å². The van der Waals surface area contributed by atoms with E-state index in [1.54, 1.807) is 0 Å². The van der Waals surface area contributed by atoms with E-state index in [1.165, 1.54) is 24.1 Å². The molecule has 1 saturated carbocycles. The quantitative estimate of drug-likeness (QED) is 0.824. The van der Waals surface area contributed by atoms with Crippen LogP contribution in [0.5, 0.6) is 0 Å². The lowest BCUT2D eigenvalue weighted by molar-refractivity contribution is 0.226. The van der Waals surface area contributed by atoms with Gasteiger partial charge in [0.05, 0.1) is 0 Å². The molecule has 1 aliphatic rings. The Morgan fingerprint density at radius 1 is 1.33 bits per heavy atom. The Morgan fingerprint density at radius 3 is 2.87 bits per heavy atom. The molecule has 1 heterocycles. The van der Waals surface area contributed by atoms with Crippen LogP contribution < -0.4 is 5.32 Å². The van der Waals surface area contributed by atoms with E-state index in [-0.39, 0.29) is 0 Å². The molecule has 1 nitrogen and oxygen atoms in total. The predicted molar refractivity (Wildman–Crippen MR) is 67.1 cm³/mol. The van der Waals surface area contributed by atoms with E-state index in [2.05, 4.69) is 36.7 Å². The van der Waals surface area contributed by atoms with Gasteiger partial charge in [0.25, 0.3) is 0 Å². The number of thiophene rings is 1. The van der Waals surface area contributed by atoms with E-state index in [0.717, 1.165) is 24.4 Å². The van der Waals surface area contributed by atoms with Crippen LogP contribution in [-0.4, -0.2) is 6.04 Å². The molecule has 0 spiro atoms. The number of rotatable bonds is 3. The molecule has 1 aromatic heterocycles. The summed E-state index contributed by atoms with van der Waals surface area (Å²) in [5, 5.41) is 5.84. The highest BCUT2D eigenvalue weighted by molar-refractivity contribution is 7.09. The molecule has 15 heavy (non-hydrogen) atoms. The maximum absolute atomic E-state index is 3.69. The minimum Gasteiger partial charge on any atom is -0.309 e. The molecule has 3 unspecified atom stereocenters. The topological polar surface area (TPSA) is 12.0 Å². The molecule has 0 aliphatic heterocycles. The van der Waals surface area contributed by atoms with E-state index in [9.17, 15) is 0 Å². The van der Waals surface area contributed by atoms with Gasteiger partial charge in [-0.15, -0.1) is 11.3 Å². The molecule has 3 atom stereocenters. The summed E-state index contributed by atoms with van der Waals surface area (Å²) in [4.78, 5) is 1.46. The Morgan fingerprint density at radius 2 is 2.20 bits per heavy atom. The third kappa shape index (κ3) is 3.05. The molecule has 2 heteroatoms. The molecule has 0 radical (unpaired) electrons. The maximum Gasteiger partial charge on any atom is 0.0302 e. The van der Waals surface area contributed by atoms with Gasteiger partial charge in [0.1, 0.15) is 0 Å². The Hall–Kier alpha value is -0.340. The molecule has 0 aromatic carbocycles. The fourth-order valence-electron chi connectivity index (χ4n) is 2.39. The summed E-state index contributed by atoms with van der Waals surface area (Å²) >= 11 is 1.85. The first-order valence-corrected chi connectivity index (χ1v) is 6.89. The zero-order valence-electron chi connectivity index (χ0n) is 9.70. The van der Waals surface area contributed by atoms with Gasteiger partial charge in [-0.25, -0.2) is 0 Å². The summed E-state index contributed by atoms with van der Waals surface area (Å²) in [6, 6.07) is 5.10. The highest BCUT2D eigenvalue weighted by Gasteiger charge is 2.23. The Balaban J connectivity index is 1.76. The molecule has 1 fully saturated rings. The smallest absolute Gasteiger partial charge is 0.0302 e. The van der Waals surface area contributed by atoms with Crippen molar-refractivity contribution in [2.24, 2.45) is 11.8 Å². The average molecular weight is 223 g/mol. The van der Waals surface area contributed by atoms with Crippen molar-refractivity contribution < 1.29 is 0 Å². The first-order chi connectivity index (χ1) is 7.25. The van der Waals surface area contributed by atoms with E-state index in [0.29, 0.717) is 0 Å². The van der Waals surface area contributed by atoms with Crippen molar-refractivity contribution in [3.05, 3.63) is 22.4 Å². The summed E-state index contributed by atoms with van der Waals surface area (Å²) in [5.74, 6) is 1.81. The van der Waals surface area contributed by atoms with Gasteiger partial charge in [-0.2, -0.15) is 0 Å². The number of hydrogen-bond acceptors (Lipinski definition) is 2. The van der Waals surface area contributed by atoms with E-state index in [4.69, 9.17) is 0 Å². The minimum atomic E-state index is 0.748. The summed E-state index contributed by atoms with van der Waals surface area (Å²) in [5.41, 5.74) is 0. The zero-order chi connectivity index (χ0) is 10.7. The van der Waals surface area contributed by atoms with E-state index in [1.807, 2.05) is 11.3 Å². The first-order valence-electron chi connectivity index (χ1n) is 6.01. The van der Waals surface area contributed by atoms with Crippen LogP contribution in [0.3, 0.4) is 0 Å². The molecule has 0 saturated heterocycles.